The summed E-state index contributed by atoms with van der Waals surface area (Å²) in [6, 6.07) is 8.20. The molecular weight excluding hydrogens is 238 g/mol. The number of nitrogens with two attached hydrogens (primary N) is 1. The SMILES string of the molecule is CC(C)c1ccccc1NC(=O)CN1CCC(N)C1. The number of rotatable bonds is 4. The lowest BCUT2D eigenvalue weighted by Gasteiger charge is -2.17. The summed E-state index contributed by atoms with van der Waals surface area (Å²) in [4.78, 5) is 14.2. The van der Waals surface area contributed by atoms with Gasteiger partial charge in [0.05, 0.1) is 6.54 Å². The second kappa shape index (κ2) is 6.17. The van der Waals surface area contributed by atoms with E-state index < -0.39 is 0 Å². The summed E-state index contributed by atoms with van der Waals surface area (Å²) in [7, 11) is 0. The predicted octanol–water partition coefficient (Wildman–Crippen LogP) is 1.78. The zero-order valence-corrected chi connectivity index (χ0v) is 11.7. The summed E-state index contributed by atoms with van der Waals surface area (Å²) in [5.74, 6) is 0.443. The Labute approximate surface area is 115 Å². The fourth-order valence-corrected chi connectivity index (χ4v) is 2.51. The Bertz CT molecular complexity index is 445. The van der Waals surface area contributed by atoms with E-state index in [1.54, 1.807) is 0 Å². The summed E-state index contributed by atoms with van der Waals surface area (Å²) in [6.45, 7) is 6.43. The van der Waals surface area contributed by atoms with Crippen molar-refractivity contribution in [2.24, 2.45) is 5.73 Å². The minimum Gasteiger partial charge on any atom is -0.326 e. The van der Waals surface area contributed by atoms with E-state index in [0.29, 0.717) is 12.5 Å². The minimum atomic E-state index is 0.0437. The third kappa shape index (κ3) is 3.78. The van der Waals surface area contributed by atoms with E-state index in [1.165, 1.54) is 5.56 Å². The highest BCUT2D eigenvalue weighted by atomic mass is 16.2. The summed E-state index contributed by atoms with van der Waals surface area (Å²) >= 11 is 0. The van der Waals surface area contributed by atoms with Crippen molar-refractivity contribution in [1.29, 1.82) is 0 Å². The van der Waals surface area contributed by atoms with Gasteiger partial charge in [-0.15, -0.1) is 0 Å². The monoisotopic (exact) mass is 261 g/mol. The Morgan fingerprint density at radius 1 is 1.47 bits per heavy atom. The van der Waals surface area contributed by atoms with Gasteiger partial charge in [0.2, 0.25) is 5.91 Å². The van der Waals surface area contributed by atoms with Gasteiger partial charge in [-0.25, -0.2) is 0 Å². The van der Waals surface area contributed by atoms with Crippen LogP contribution in [-0.2, 0) is 4.79 Å². The van der Waals surface area contributed by atoms with E-state index >= 15 is 0 Å². The fourth-order valence-electron chi connectivity index (χ4n) is 2.51. The highest BCUT2D eigenvalue weighted by Crippen LogP contribution is 2.23. The first-order valence-electron chi connectivity index (χ1n) is 6.93. The Morgan fingerprint density at radius 3 is 2.84 bits per heavy atom. The van der Waals surface area contributed by atoms with E-state index in [4.69, 9.17) is 5.73 Å². The van der Waals surface area contributed by atoms with Crippen LogP contribution < -0.4 is 11.1 Å². The average Bonchev–Trinajstić information content (AvgIpc) is 2.75. The molecule has 1 aromatic rings. The molecule has 0 aliphatic carbocycles. The second-order valence-corrected chi connectivity index (χ2v) is 5.57. The molecule has 3 N–H and O–H groups in total. The number of nitrogens with zero attached hydrogens (tertiary/aromatic N) is 1. The maximum atomic E-state index is 12.1. The summed E-state index contributed by atoms with van der Waals surface area (Å²) in [5, 5.41) is 3.01. The van der Waals surface area contributed by atoms with E-state index in [-0.39, 0.29) is 11.9 Å². The number of hydrogen-bond acceptors (Lipinski definition) is 3. The van der Waals surface area contributed by atoms with Gasteiger partial charge in [-0.2, -0.15) is 0 Å². The lowest BCUT2D eigenvalue weighted by molar-refractivity contribution is -0.117. The lowest BCUT2D eigenvalue weighted by Crippen LogP contribution is -2.33. The Hall–Kier alpha value is -1.39. The molecule has 1 aliphatic rings. The maximum absolute atomic E-state index is 12.1. The molecule has 1 unspecified atom stereocenters. The van der Waals surface area contributed by atoms with Crippen LogP contribution in [0.2, 0.25) is 0 Å². The molecule has 104 valence electrons. The molecule has 4 heteroatoms. The standard InChI is InChI=1S/C15H23N3O/c1-11(2)13-5-3-4-6-14(13)17-15(19)10-18-8-7-12(16)9-18/h3-6,11-12H,7-10,16H2,1-2H3,(H,17,19). The molecule has 1 atom stereocenters. The third-order valence-corrected chi connectivity index (χ3v) is 3.53. The van der Waals surface area contributed by atoms with Crippen molar-refractivity contribution >= 4 is 11.6 Å². The zero-order valence-electron chi connectivity index (χ0n) is 11.7. The number of benzene rings is 1. The molecule has 2 rings (SSSR count). The van der Waals surface area contributed by atoms with Crippen molar-refractivity contribution in [2.45, 2.75) is 32.2 Å². The van der Waals surface area contributed by atoms with Crippen molar-refractivity contribution in [3.63, 3.8) is 0 Å². The van der Waals surface area contributed by atoms with Crippen molar-refractivity contribution in [3.8, 4) is 0 Å². The topological polar surface area (TPSA) is 58.4 Å². The summed E-state index contributed by atoms with van der Waals surface area (Å²) < 4.78 is 0. The highest BCUT2D eigenvalue weighted by Gasteiger charge is 2.21. The molecule has 19 heavy (non-hydrogen) atoms. The summed E-state index contributed by atoms with van der Waals surface area (Å²) in [6.07, 6.45) is 0.982. The molecule has 1 saturated heterocycles. The highest BCUT2D eigenvalue weighted by molar-refractivity contribution is 5.93. The average molecular weight is 261 g/mol. The number of likely N-dealkylation sites (tertiary alicyclic amines) is 1. The first kappa shape index (κ1) is 14.0. The Kier molecular flexibility index (Phi) is 4.56. The number of hydrogen-bond donors (Lipinski definition) is 2. The fraction of sp³-hybridized carbons (Fsp3) is 0.533. The van der Waals surface area contributed by atoms with E-state index in [9.17, 15) is 4.79 Å². The zero-order chi connectivity index (χ0) is 13.8. The van der Waals surface area contributed by atoms with Gasteiger partial charge in [0.1, 0.15) is 0 Å². The van der Waals surface area contributed by atoms with Crippen LogP contribution in [-0.4, -0.2) is 36.5 Å². The summed E-state index contributed by atoms with van der Waals surface area (Å²) in [5.41, 5.74) is 7.94. The Balaban J connectivity index is 1.95. The number of carbonyl (C=O) groups is 1. The van der Waals surface area contributed by atoms with E-state index in [1.807, 2.05) is 18.2 Å². The van der Waals surface area contributed by atoms with Crippen LogP contribution in [0.3, 0.4) is 0 Å². The van der Waals surface area contributed by atoms with Gasteiger partial charge in [-0.1, -0.05) is 32.0 Å². The molecule has 0 aromatic heterocycles. The first-order chi connectivity index (χ1) is 9.06. The molecule has 4 nitrogen and oxygen atoms in total. The normalized spacial score (nSPS) is 19.9. The predicted molar refractivity (Wildman–Crippen MR) is 78.2 cm³/mol. The molecule has 1 fully saturated rings. The van der Waals surface area contributed by atoms with Gasteiger partial charge in [0.15, 0.2) is 0 Å². The van der Waals surface area contributed by atoms with Crippen LogP contribution in [0.25, 0.3) is 0 Å². The number of para-hydroxylation sites is 1. The quantitative estimate of drug-likeness (QED) is 0.868. The number of carbonyl (C=O) groups excluding carboxylic acids is 1. The number of amides is 1. The second-order valence-electron chi connectivity index (χ2n) is 5.57. The van der Waals surface area contributed by atoms with Gasteiger partial charge in [0, 0.05) is 24.8 Å². The van der Waals surface area contributed by atoms with Crippen LogP contribution in [0, 0.1) is 0 Å². The van der Waals surface area contributed by atoms with Gasteiger partial charge in [0.25, 0.3) is 0 Å². The molecular formula is C15H23N3O. The van der Waals surface area contributed by atoms with Crippen LogP contribution in [0.1, 0.15) is 31.7 Å². The molecule has 1 aliphatic heterocycles. The molecule has 0 radical (unpaired) electrons. The van der Waals surface area contributed by atoms with Crippen LogP contribution in [0.5, 0.6) is 0 Å². The van der Waals surface area contributed by atoms with Gasteiger partial charge < -0.3 is 11.1 Å². The molecule has 1 aromatic carbocycles. The van der Waals surface area contributed by atoms with Crippen molar-refractivity contribution in [3.05, 3.63) is 29.8 Å². The van der Waals surface area contributed by atoms with Crippen molar-refractivity contribution < 1.29 is 4.79 Å². The molecule has 0 saturated carbocycles. The first-order valence-corrected chi connectivity index (χ1v) is 6.93. The van der Waals surface area contributed by atoms with Crippen LogP contribution in [0.4, 0.5) is 5.69 Å². The van der Waals surface area contributed by atoms with Gasteiger partial charge in [-0.3, -0.25) is 9.69 Å². The number of anilines is 1. The largest absolute Gasteiger partial charge is 0.326 e. The minimum absolute atomic E-state index is 0.0437. The molecule has 1 amide bonds. The van der Waals surface area contributed by atoms with Gasteiger partial charge >= 0.3 is 0 Å². The van der Waals surface area contributed by atoms with Crippen LogP contribution >= 0.6 is 0 Å². The lowest BCUT2D eigenvalue weighted by atomic mass is 10.0. The van der Waals surface area contributed by atoms with Crippen molar-refractivity contribution in [1.82, 2.24) is 4.90 Å². The smallest absolute Gasteiger partial charge is 0.238 e. The van der Waals surface area contributed by atoms with Crippen molar-refractivity contribution in [2.75, 3.05) is 25.0 Å². The molecule has 0 spiro atoms. The molecule has 1 heterocycles. The molecule has 0 bridgehead atoms. The van der Waals surface area contributed by atoms with Crippen LogP contribution in [0.15, 0.2) is 24.3 Å². The van der Waals surface area contributed by atoms with Gasteiger partial charge in [-0.05, 0) is 24.0 Å². The van der Waals surface area contributed by atoms with E-state index in [0.717, 1.165) is 25.2 Å². The number of nitrogens with one attached hydrogen (secondary N) is 1. The Morgan fingerprint density at radius 2 is 2.21 bits per heavy atom. The third-order valence-electron chi connectivity index (χ3n) is 3.53. The maximum Gasteiger partial charge on any atom is 0.238 e. The van der Waals surface area contributed by atoms with E-state index in [2.05, 4.69) is 30.1 Å².